The normalized spacial score (nSPS) is 12.0. The maximum absolute atomic E-state index is 12.7. The van der Waals surface area contributed by atoms with Crippen molar-refractivity contribution in [2.45, 2.75) is 26.5 Å². The number of hydrogen-bond donors (Lipinski definition) is 2. The van der Waals surface area contributed by atoms with Crippen LogP contribution in [0.25, 0.3) is 0 Å². The van der Waals surface area contributed by atoms with E-state index in [-0.39, 0.29) is 10.9 Å². The van der Waals surface area contributed by atoms with Gasteiger partial charge in [0.25, 0.3) is 11.8 Å². The number of ether oxygens (including phenoxy) is 1. The van der Waals surface area contributed by atoms with E-state index in [1.54, 1.807) is 12.1 Å². The molecule has 0 bridgehead atoms. The molecule has 0 aliphatic heterocycles. The largest absolute Gasteiger partial charge is 0.488 e. The predicted octanol–water partition coefficient (Wildman–Crippen LogP) is 6.89. The summed E-state index contributed by atoms with van der Waals surface area (Å²) in [6, 6.07) is 16.6. The van der Waals surface area contributed by atoms with Crippen molar-refractivity contribution in [3.05, 3.63) is 96.9 Å². The summed E-state index contributed by atoms with van der Waals surface area (Å²) in [7, 11) is 0. The first-order valence-electron chi connectivity index (χ1n) is 10.9. The Bertz CT molecular complexity index is 1280. The van der Waals surface area contributed by atoms with Crippen LogP contribution in [0.2, 0.25) is 15.1 Å². The molecule has 0 radical (unpaired) electrons. The second-order valence-electron chi connectivity index (χ2n) is 8.13. The number of rotatable bonds is 9. The van der Waals surface area contributed by atoms with Crippen LogP contribution in [0.3, 0.4) is 0 Å². The summed E-state index contributed by atoms with van der Waals surface area (Å²) >= 11 is 21.6. The zero-order valence-corrected chi connectivity index (χ0v) is 23.3. The third kappa shape index (κ3) is 7.71. The fourth-order valence-corrected chi connectivity index (χ4v) is 4.12. The first-order valence-corrected chi connectivity index (χ1v) is 12.8. The lowest BCUT2D eigenvalue weighted by Gasteiger charge is -2.20. The van der Waals surface area contributed by atoms with Gasteiger partial charge in [-0.3, -0.25) is 9.59 Å². The SMILES string of the molecule is CC(C)C(NC(=O)c1ccc(Cl)c(Cl)c1)C(=O)N/N=C/c1ccc(OCc2ccccc2Cl)c(Br)c1. The summed E-state index contributed by atoms with van der Waals surface area (Å²) in [5, 5.41) is 7.98. The van der Waals surface area contributed by atoms with E-state index in [9.17, 15) is 9.59 Å². The molecule has 0 spiro atoms. The minimum atomic E-state index is -0.809. The fourth-order valence-electron chi connectivity index (χ4n) is 3.12. The molecule has 0 aliphatic rings. The van der Waals surface area contributed by atoms with Crippen molar-refractivity contribution in [1.29, 1.82) is 0 Å². The molecule has 0 saturated carbocycles. The fraction of sp³-hybridized carbons (Fsp3) is 0.192. The van der Waals surface area contributed by atoms with Gasteiger partial charge in [0.05, 0.1) is 20.7 Å². The van der Waals surface area contributed by atoms with Crippen molar-refractivity contribution in [2.24, 2.45) is 11.0 Å². The lowest BCUT2D eigenvalue weighted by atomic mass is 10.0. The molecule has 0 aliphatic carbocycles. The van der Waals surface area contributed by atoms with Crippen molar-refractivity contribution in [3.8, 4) is 5.75 Å². The minimum absolute atomic E-state index is 0.185. The van der Waals surface area contributed by atoms with Crippen LogP contribution in [-0.4, -0.2) is 24.1 Å². The number of halogens is 4. The van der Waals surface area contributed by atoms with Gasteiger partial charge in [-0.1, -0.05) is 66.8 Å². The van der Waals surface area contributed by atoms with E-state index in [4.69, 9.17) is 39.5 Å². The van der Waals surface area contributed by atoms with Gasteiger partial charge < -0.3 is 10.1 Å². The molecule has 3 aromatic rings. The average molecular weight is 612 g/mol. The van der Waals surface area contributed by atoms with Crippen LogP contribution < -0.4 is 15.5 Å². The number of benzene rings is 3. The molecule has 188 valence electrons. The summed E-state index contributed by atoms with van der Waals surface area (Å²) < 4.78 is 6.57. The maximum atomic E-state index is 12.7. The molecule has 0 aromatic heterocycles. The number of carbonyl (C=O) groups excluding carboxylic acids is 2. The van der Waals surface area contributed by atoms with Crippen LogP contribution in [-0.2, 0) is 11.4 Å². The second kappa shape index (κ2) is 13.1. The third-order valence-corrected chi connectivity index (χ3v) is 6.83. The van der Waals surface area contributed by atoms with Crippen LogP contribution >= 0.6 is 50.7 Å². The first-order chi connectivity index (χ1) is 17.2. The molecular weight excluding hydrogens is 589 g/mol. The van der Waals surface area contributed by atoms with Gasteiger partial charge in [0, 0.05) is 16.1 Å². The van der Waals surface area contributed by atoms with E-state index >= 15 is 0 Å². The van der Waals surface area contributed by atoms with Crippen molar-refractivity contribution < 1.29 is 14.3 Å². The van der Waals surface area contributed by atoms with Gasteiger partial charge in [-0.25, -0.2) is 5.43 Å². The molecule has 10 heteroatoms. The van der Waals surface area contributed by atoms with Crippen LogP contribution in [0.1, 0.15) is 35.3 Å². The summed E-state index contributed by atoms with van der Waals surface area (Å²) in [5.74, 6) is -0.437. The highest BCUT2D eigenvalue weighted by Gasteiger charge is 2.24. The van der Waals surface area contributed by atoms with E-state index in [1.807, 2.05) is 44.2 Å². The van der Waals surface area contributed by atoms with Gasteiger partial charge >= 0.3 is 0 Å². The Hall–Kier alpha value is -2.58. The van der Waals surface area contributed by atoms with E-state index in [1.165, 1.54) is 24.4 Å². The Kier molecular flexibility index (Phi) is 10.2. The molecule has 2 N–H and O–H groups in total. The van der Waals surface area contributed by atoms with Gasteiger partial charge in [0.1, 0.15) is 18.4 Å². The van der Waals surface area contributed by atoms with Crippen LogP contribution in [0, 0.1) is 5.92 Å². The quantitative estimate of drug-likeness (QED) is 0.204. The molecule has 0 fully saturated rings. The van der Waals surface area contributed by atoms with E-state index in [2.05, 4.69) is 31.8 Å². The van der Waals surface area contributed by atoms with Gasteiger partial charge in [-0.2, -0.15) is 5.10 Å². The number of nitrogens with zero attached hydrogens (tertiary/aromatic N) is 1. The Morgan fingerprint density at radius 2 is 1.75 bits per heavy atom. The maximum Gasteiger partial charge on any atom is 0.262 e. The molecule has 1 unspecified atom stereocenters. The van der Waals surface area contributed by atoms with E-state index in [0.717, 1.165) is 15.6 Å². The molecule has 6 nitrogen and oxygen atoms in total. The number of hydrogen-bond acceptors (Lipinski definition) is 4. The lowest BCUT2D eigenvalue weighted by Crippen LogP contribution is -2.48. The zero-order valence-electron chi connectivity index (χ0n) is 19.4. The van der Waals surface area contributed by atoms with Gasteiger partial charge in [0.2, 0.25) is 0 Å². The molecule has 0 saturated heterocycles. The Morgan fingerprint density at radius 3 is 2.42 bits per heavy atom. The van der Waals surface area contributed by atoms with Gasteiger partial charge in [0.15, 0.2) is 0 Å². The smallest absolute Gasteiger partial charge is 0.262 e. The van der Waals surface area contributed by atoms with Gasteiger partial charge in [-0.15, -0.1) is 0 Å². The summed E-state index contributed by atoms with van der Waals surface area (Å²) in [6.07, 6.45) is 1.50. The molecule has 36 heavy (non-hydrogen) atoms. The molecule has 0 heterocycles. The minimum Gasteiger partial charge on any atom is -0.488 e. The van der Waals surface area contributed by atoms with Crippen LogP contribution in [0.15, 0.2) is 70.2 Å². The average Bonchev–Trinajstić information content (AvgIpc) is 2.84. The van der Waals surface area contributed by atoms with Crippen molar-refractivity contribution in [1.82, 2.24) is 10.7 Å². The Labute approximate surface area is 233 Å². The van der Waals surface area contributed by atoms with Crippen LogP contribution in [0.5, 0.6) is 5.75 Å². The summed E-state index contributed by atoms with van der Waals surface area (Å²) in [6.45, 7) is 3.97. The van der Waals surface area contributed by atoms with Crippen molar-refractivity contribution in [3.63, 3.8) is 0 Å². The highest BCUT2D eigenvalue weighted by Crippen LogP contribution is 2.27. The molecule has 3 rings (SSSR count). The van der Waals surface area contributed by atoms with Crippen LogP contribution in [0.4, 0.5) is 0 Å². The first kappa shape index (κ1) is 28.0. The number of hydrazone groups is 1. The predicted molar refractivity (Wildman–Crippen MR) is 148 cm³/mol. The van der Waals surface area contributed by atoms with E-state index in [0.29, 0.717) is 28.0 Å². The number of carbonyl (C=O) groups is 2. The van der Waals surface area contributed by atoms with Gasteiger partial charge in [-0.05, 0) is 69.9 Å². The third-order valence-electron chi connectivity index (χ3n) is 5.10. The lowest BCUT2D eigenvalue weighted by molar-refractivity contribution is -0.123. The number of amides is 2. The highest BCUT2D eigenvalue weighted by atomic mass is 79.9. The van der Waals surface area contributed by atoms with Crippen molar-refractivity contribution in [2.75, 3.05) is 0 Å². The second-order valence-corrected chi connectivity index (χ2v) is 10.2. The van der Waals surface area contributed by atoms with Crippen molar-refractivity contribution >= 4 is 68.8 Å². The Morgan fingerprint density at radius 1 is 1.00 bits per heavy atom. The molecule has 3 aromatic carbocycles. The summed E-state index contributed by atoms with van der Waals surface area (Å²) in [4.78, 5) is 25.3. The molecule has 1 atom stereocenters. The molecular formula is C26H23BrCl3N3O3. The molecule has 2 amide bonds. The van der Waals surface area contributed by atoms with E-state index < -0.39 is 17.9 Å². The Balaban J connectivity index is 1.59. The number of nitrogens with one attached hydrogen (secondary N) is 2. The highest BCUT2D eigenvalue weighted by molar-refractivity contribution is 9.10. The summed E-state index contributed by atoms with van der Waals surface area (Å²) in [5.41, 5.74) is 4.39. The monoisotopic (exact) mass is 609 g/mol. The topological polar surface area (TPSA) is 79.8 Å². The standard InChI is InChI=1S/C26H23BrCl3N3O3/c1-15(2)24(32-25(34)17-8-9-21(29)22(30)12-17)26(35)33-31-13-16-7-10-23(19(27)11-16)36-14-18-5-3-4-6-20(18)28/h3-13,15,24H,14H2,1-2H3,(H,32,34)(H,33,35)/b31-13+. The zero-order chi connectivity index (χ0) is 26.2.